The summed E-state index contributed by atoms with van der Waals surface area (Å²) in [6.45, 7) is 4.62. The number of hydrogen-bond acceptors (Lipinski definition) is 3. The fraction of sp³-hybridized carbons (Fsp3) is 0.562. The van der Waals surface area contributed by atoms with Gasteiger partial charge < -0.3 is 15.8 Å². The zero-order valence-electron chi connectivity index (χ0n) is 12.2. The number of rotatable bonds is 2. The van der Waals surface area contributed by atoms with Gasteiger partial charge in [0.05, 0.1) is 18.2 Å². The highest BCUT2D eigenvalue weighted by Gasteiger charge is 2.28. The molecule has 1 fully saturated rings. The van der Waals surface area contributed by atoms with Crippen molar-refractivity contribution in [2.75, 3.05) is 11.1 Å². The van der Waals surface area contributed by atoms with Gasteiger partial charge in [0.25, 0.3) is 0 Å². The summed E-state index contributed by atoms with van der Waals surface area (Å²) >= 11 is 0. The Morgan fingerprint density at radius 1 is 1.30 bits per heavy atom. The number of carbonyl (C=O) groups is 1. The van der Waals surface area contributed by atoms with Crippen LogP contribution in [0.3, 0.4) is 0 Å². The van der Waals surface area contributed by atoms with Crippen molar-refractivity contribution in [1.29, 1.82) is 0 Å². The molecular formula is C16H22N2O2. The molecule has 4 nitrogen and oxygen atoms in total. The molecule has 3 N–H and O–H groups in total. The number of carbonyl (C=O) groups excluding carboxylic acids is 1. The standard InChI is InChI=1S/C16H22N2O2/c1-16(2)5-3-11(4-6-16)20-14-9-13-10(7-12(14)17)8-15(19)18-13/h7,9,11H,3-6,8,17H2,1-2H3,(H,18,19). The van der Waals surface area contributed by atoms with Gasteiger partial charge in [-0.3, -0.25) is 4.79 Å². The monoisotopic (exact) mass is 274 g/mol. The molecule has 0 radical (unpaired) electrons. The molecule has 3 rings (SSSR count). The summed E-state index contributed by atoms with van der Waals surface area (Å²) in [5, 5.41) is 2.84. The van der Waals surface area contributed by atoms with Crippen LogP contribution in [0.4, 0.5) is 11.4 Å². The van der Waals surface area contributed by atoms with Crippen molar-refractivity contribution in [1.82, 2.24) is 0 Å². The summed E-state index contributed by atoms with van der Waals surface area (Å²) in [6.07, 6.45) is 5.14. The first kappa shape index (κ1) is 13.3. The Kier molecular flexibility index (Phi) is 3.11. The van der Waals surface area contributed by atoms with Crippen molar-refractivity contribution in [3.8, 4) is 5.75 Å². The van der Waals surface area contributed by atoms with E-state index in [1.54, 1.807) is 0 Å². The summed E-state index contributed by atoms with van der Waals surface area (Å²) in [5.41, 5.74) is 8.91. The van der Waals surface area contributed by atoms with E-state index in [-0.39, 0.29) is 12.0 Å². The number of hydrogen-bond donors (Lipinski definition) is 2. The molecule has 2 aliphatic rings. The third-order valence-electron chi connectivity index (χ3n) is 4.44. The maximum Gasteiger partial charge on any atom is 0.228 e. The van der Waals surface area contributed by atoms with Gasteiger partial charge in [-0.2, -0.15) is 0 Å². The van der Waals surface area contributed by atoms with Crippen molar-refractivity contribution >= 4 is 17.3 Å². The smallest absolute Gasteiger partial charge is 0.228 e. The maximum absolute atomic E-state index is 11.4. The third-order valence-corrected chi connectivity index (χ3v) is 4.44. The molecule has 0 atom stereocenters. The van der Waals surface area contributed by atoms with Gasteiger partial charge in [-0.1, -0.05) is 13.8 Å². The van der Waals surface area contributed by atoms with Crippen molar-refractivity contribution in [2.45, 2.75) is 52.1 Å². The van der Waals surface area contributed by atoms with E-state index in [0.717, 1.165) is 24.1 Å². The Labute approximate surface area is 119 Å². The second kappa shape index (κ2) is 4.69. The quantitative estimate of drug-likeness (QED) is 0.814. The first-order chi connectivity index (χ1) is 9.43. The van der Waals surface area contributed by atoms with E-state index in [1.165, 1.54) is 12.8 Å². The highest BCUT2D eigenvalue weighted by molar-refractivity contribution is 6.00. The van der Waals surface area contributed by atoms with Crippen molar-refractivity contribution < 1.29 is 9.53 Å². The van der Waals surface area contributed by atoms with E-state index in [9.17, 15) is 4.79 Å². The molecule has 1 aliphatic carbocycles. The molecule has 0 saturated heterocycles. The van der Waals surface area contributed by atoms with Crippen molar-refractivity contribution in [3.63, 3.8) is 0 Å². The van der Waals surface area contributed by atoms with E-state index < -0.39 is 0 Å². The van der Waals surface area contributed by atoms with Gasteiger partial charge in [-0.15, -0.1) is 0 Å². The molecule has 1 aliphatic heterocycles. The number of nitrogen functional groups attached to an aromatic ring is 1. The lowest BCUT2D eigenvalue weighted by Crippen LogP contribution is -2.28. The van der Waals surface area contributed by atoms with E-state index in [2.05, 4.69) is 19.2 Å². The van der Waals surface area contributed by atoms with Gasteiger partial charge >= 0.3 is 0 Å². The molecule has 1 aromatic rings. The number of fused-ring (bicyclic) bond motifs is 1. The minimum Gasteiger partial charge on any atom is -0.488 e. The SMILES string of the molecule is CC1(C)CCC(Oc2cc3c(cc2N)CC(=O)N3)CC1. The first-order valence-electron chi connectivity index (χ1n) is 7.32. The molecule has 1 aromatic carbocycles. The van der Waals surface area contributed by atoms with E-state index in [0.29, 0.717) is 23.3 Å². The van der Waals surface area contributed by atoms with E-state index in [1.807, 2.05) is 12.1 Å². The van der Waals surface area contributed by atoms with Crippen molar-refractivity contribution in [2.24, 2.45) is 5.41 Å². The van der Waals surface area contributed by atoms with Gasteiger partial charge in [-0.05, 0) is 42.7 Å². The van der Waals surface area contributed by atoms with E-state index in [4.69, 9.17) is 10.5 Å². The summed E-state index contributed by atoms with van der Waals surface area (Å²) in [7, 11) is 0. The highest BCUT2D eigenvalue weighted by atomic mass is 16.5. The molecule has 0 spiro atoms. The van der Waals surface area contributed by atoms with Crippen LogP contribution >= 0.6 is 0 Å². The molecule has 0 unspecified atom stereocenters. The highest BCUT2D eigenvalue weighted by Crippen LogP contribution is 2.39. The lowest BCUT2D eigenvalue weighted by atomic mass is 9.76. The summed E-state index contributed by atoms with van der Waals surface area (Å²) < 4.78 is 6.06. The Balaban J connectivity index is 1.73. The lowest BCUT2D eigenvalue weighted by Gasteiger charge is -2.34. The number of nitrogens with one attached hydrogen (secondary N) is 1. The summed E-state index contributed by atoms with van der Waals surface area (Å²) in [5.74, 6) is 0.728. The molecule has 0 bridgehead atoms. The predicted molar refractivity (Wildman–Crippen MR) is 79.9 cm³/mol. The van der Waals surface area contributed by atoms with Gasteiger partial charge in [0.15, 0.2) is 0 Å². The average molecular weight is 274 g/mol. The maximum atomic E-state index is 11.4. The zero-order valence-corrected chi connectivity index (χ0v) is 12.2. The fourth-order valence-electron chi connectivity index (χ4n) is 3.05. The van der Waals surface area contributed by atoms with Crippen LogP contribution in [0, 0.1) is 5.41 Å². The largest absolute Gasteiger partial charge is 0.488 e. The predicted octanol–water partition coefficient (Wildman–Crippen LogP) is 3.11. The molecule has 0 aromatic heterocycles. The van der Waals surface area contributed by atoms with Gasteiger partial charge in [0.1, 0.15) is 5.75 Å². The lowest BCUT2D eigenvalue weighted by molar-refractivity contribution is -0.115. The Morgan fingerprint density at radius 2 is 2.00 bits per heavy atom. The Morgan fingerprint density at radius 3 is 2.70 bits per heavy atom. The molecule has 4 heteroatoms. The molecule has 1 amide bonds. The first-order valence-corrected chi connectivity index (χ1v) is 7.32. The number of amides is 1. The number of benzene rings is 1. The number of anilines is 2. The number of ether oxygens (including phenoxy) is 1. The molecule has 1 heterocycles. The van der Waals surface area contributed by atoms with Crippen LogP contribution in [-0.4, -0.2) is 12.0 Å². The van der Waals surface area contributed by atoms with Crippen LogP contribution in [0.1, 0.15) is 45.1 Å². The second-order valence-electron chi connectivity index (χ2n) is 6.75. The summed E-state index contributed by atoms with van der Waals surface area (Å²) in [4.78, 5) is 11.4. The normalized spacial score (nSPS) is 21.4. The summed E-state index contributed by atoms with van der Waals surface area (Å²) in [6, 6.07) is 3.73. The molecule has 1 saturated carbocycles. The van der Waals surface area contributed by atoms with Crippen LogP contribution in [0.25, 0.3) is 0 Å². The molecule has 108 valence electrons. The molecular weight excluding hydrogens is 252 g/mol. The van der Waals surface area contributed by atoms with Crippen LogP contribution in [0.15, 0.2) is 12.1 Å². The zero-order chi connectivity index (χ0) is 14.3. The molecule has 20 heavy (non-hydrogen) atoms. The van der Waals surface area contributed by atoms with Crippen LogP contribution in [0.5, 0.6) is 5.75 Å². The average Bonchev–Trinajstić information content (AvgIpc) is 2.71. The minimum absolute atomic E-state index is 0.0240. The van der Waals surface area contributed by atoms with Crippen LogP contribution in [-0.2, 0) is 11.2 Å². The Hall–Kier alpha value is -1.71. The topological polar surface area (TPSA) is 64.3 Å². The number of nitrogens with two attached hydrogens (primary N) is 1. The van der Waals surface area contributed by atoms with E-state index >= 15 is 0 Å². The minimum atomic E-state index is 0.0240. The van der Waals surface area contributed by atoms with Crippen LogP contribution in [0.2, 0.25) is 0 Å². The third kappa shape index (κ3) is 2.60. The van der Waals surface area contributed by atoms with Crippen molar-refractivity contribution in [3.05, 3.63) is 17.7 Å². The van der Waals surface area contributed by atoms with Gasteiger partial charge in [-0.25, -0.2) is 0 Å². The van der Waals surface area contributed by atoms with Gasteiger partial charge in [0, 0.05) is 11.8 Å². The second-order valence-corrected chi connectivity index (χ2v) is 6.75. The Bertz CT molecular complexity index is 542. The fourth-order valence-corrected chi connectivity index (χ4v) is 3.05. The van der Waals surface area contributed by atoms with Crippen LogP contribution < -0.4 is 15.8 Å². The van der Waals surface area contributed by atoms with Gasteiger partial charge in [0.2, 0.25) is 5.91 Å².